The number of nitrogens with zero attached hydrogens (tertiary/aromatic N) is 2. The Morgan fingerprint density at radius 1 is 1.20 bits per heavy atom. The molecule has 1 amide bonds. The maximum Gasteiger partial charge on any atom is 0.226 e. The highest BCUT2D eigenvalue weighted by Gasteiger charge is 2.45. The van der Waals surface area contributed by atoms with Crippen molar-refractivity contribution in [1.82, 2.24) is 9.88 Å². The van der Waals surface area contributed by atoms with Crippen molar-refractivity contribution >= 4 is 5.91 Å². The van der Waals surface area contributed by atoms with E-state index in [4.69, 9.17) is 9.47 Å². The van der Waals surface area contributed by atoms with Crippen molar-refractivity contribution in [2.45, 2.75) is 18.9 Å². The van der Waals surface area contributed by atoms with Gasteiger partial charge < -0.3 is 14.4 Å². The lowest BCUT2D eigenvalue weighted by atomic mass is 10.1. The maximum atomic E-state index is 12.9. The summed E-state index contributed by atoms with van der Waals surface area (Å²) in [6.07, 6.45) is 2.66. The first-order valence-corrected chi connectivity index (χ1v) is 8.54. The summed E-state index contributed by atoms with van der Waals surface area (Å²) in [5, 5.41) is 0. The Hall–Kier alpha value is -2.40. The topological polar surface area (TPSA) is 51.7 Å². The summed E-state index contributed by atoms with van der Waals surface area (Å²) in [6.45, 7) is 1.63. The fourth-order valence-electron chi connectivity index (χ4n) is 3.08. The maximum absolute atomic E-state index is 12.9. The Bertz CT molecular complexity index is 688. The van der Waals surface area contributed by atoms with Gasteiger partial charge in [-0.2, -0.15) is 0 Å². The molecule has 1 aliphatic rings. The van der Waals surface area contributed by atoms with E-state index in [-0.39, 0.29) is 11.8 Å². The molecule has 0 aliphatic heterocycles. The van der Waals surface area contributed by atoms with Crippen molar-refractivity contribution in [3.8, 4) is 5.75 Å². The number of carbonyl (C=O) groups is 1. The van der Waals surface area contributed by atoms with E-state index in [0.717, 1.165) is 17.9 Å². The van der Waals surface area contributed by atoms with Gasteiger partial charge in [-0.1, -0.05) is 18.2 Å². The summed E-state index contributed by atoms with van der Waals surface area (Å²) < 4.78 is 10.4. The summed E-state index contributed by atoms with van der Waals surface area (Å²) in [6, 6.07) is 13.8. The third kappa shape index (κ3) is 4.37. The Kier molecular flexibility index (Phi) is 5.66. The van der Waals surface area contributed by atoms with Crippen LogP contribution in [0, 0.1) is 5.92 Å². The molecule has 0 saturated heterocycles. The van der Waals surface area contributed by atoms with E-state index in [1.165, 1.54) is 5.56 Å². The van der Waals surface area contributed by atoms with Crippen LogP contribution in [0.15, 0.2) is 48.7 Å². The normalized spacial score (nSPS) is 18.6. The smallest absolute Gasteiger partial charge is 0.226 e. The number of methoxy groups -OCH3 is 2. The highest BCUT2D eigenvalue weighted by molar-refractivity contribution is 5.83. The Labute approximate surface area is 148 Å². The molecule has 1 saturated carbocycles. The minimum absolute atomic E-state index is 0.0500. The van der Waals surface area contributed by atoms with Crippen molar-refractivity contribution in [2.75, 3.05) is 27.4 Å². The molecule has 25 heavy (non-hydrogen) atoms. The Balaban J connectivity index is 1.65. The van der Waals surface area contributed by atoms with Crippen LogP contribution in [0.1, 0.15) is 23.6 Å². The third-order valence-electron chi connectivity index (χ3n) is 4.61. The Morgan fingerprint density at radius 3 is 2.64 bits per heavy atom. The lowest BCUT2D eigenvalue weighted by Gasteiger charge is -2.22. The summed E-state index contributed by atoms with van der Waals surface area (Å²) in [5.41, 5.74) is 2.09. The summed E-state index contributed by atoms with van der Waals surface area (Å²) in [7, 11) is 3.31. The van der Waals surface area contributed by atoms with E-state index in [9.17, 15) is 4.79 Å². The van der Waals surface area contributed by atoms with E-state index >= 15 is 0 Å². The van der Waals surface area contributed by atoms with Crippen LogP contribution >= 0.6 is 0 Å². The van der Waals surface area contributed by atoms with Gasteiger partial charge in [-0.15, -0.1) is 0 Å². The highest BCUT2D eigenvalue weighted by atomic mass is 16.5. The van der Waals surface area contributed by atoms with Gasteiger partial charge in [0, 0.05) is 25.8 Å². The van der Waals surface area contributed by atoms with E-state index in [1.807, 2.05) is 35.2 Å². The quantitative estimate of drug-likeness (QED) is 0.741. The van der Waals surface area contributed by atoms with Crippen LogP contribution in [0.25, 0.3) is 0 Å². The lowest BCUT2D eigenvalue weighted by Crippen LogP contribution is -2.35. The van der Waals surface area contributed by atoms with Gasteiger partial charge in [0.25, 0.3) is 0 Å². The number of hydrogen-bond acceptors (Lipinski definition) is 4. The molecule has 2 atom stereocenters. The predicted octanol–water partition coefficient (Wildman–Crippen LogP) is 2.87. The highest BCUT2D eigenvalue weighted by Crippen LogP contribution is 2.48. The van der Waals surface area contributed by atoms with Crippen LogP contribution in [-0.4, -0.2) is 43.2 Å². The van der Waals surface area contributed by atoms with Crippen molar-refractivity contribution in [3.63, 3.8) is 0 Å². The standard InChI is InChI=1S/C20H24N2O3/c1-24-12-11-22(14-16-5-3-4-10-21-16)20(23)19-13-18(19)15-6-8-17(25-2)9-7-15/h3-10,18-19H,11-14H2,1-2H3/t18-,19+/m0/s1. The van der Waals surface area contributed by atoms with Gasteiger partial charge in [-0.25, -0.2) is 0 Å². The van der Waals surface area contributed by atoms with Crippen LogP contribution in [0.3, 0.4) is 0 Å². The molecule has 0 bridgehead atoms. The number of ether oxygens (including phenoxy) is 2. The molecular formula is C20H24N2O3. The fourth-order valence-corrected chi connectivity index (χ4v) is 3.08. The van der Waals surface area contributed by atoms with E-state index in [0.29, 0.717) is 25.6 Å². The molecule has 0 N–H and O–H groups in total. The lowest BCUT2D eigenvalue weighted by molar-refractivity contribution is -0.134. The van der Waals surface area contributed by atoms with Crippen molar-refractivity contribution in [1.29, 1.82) is 0 Å². The zero-order chi connectivity index (χ0) is 17.6. The first-order valence-electron chi connectivity index (χ1n) is 8.54. The van der Waals surface area contributed by atoms with Gasteiger partial charge in [-0.3, -0.25) is 9.78 Å². The largest absolute Gasteiger partial charge is 0.497 e. The van der Waals surface area contributed by atoms with Gasteiger partial charge in [0.1, 0.15) is 5.75 Å². The molecule has 0 unspecified atom stereocenters. The molecule has 1 aromatic carbocycles. The number of carbonyl (C=O) groups excluding carboxylic acids is 1. The van der Waals surface area contributed by atoms with Gasteiger partial charge in [0.05, 0.1) is 26.0 Å². The minimum atomic E-state index is 0.0500. The van der Waals surface area contributed by atoms with Crippen LogP contribution < -0.4 is 4.74 Å². The number of hydrogen-bond donors (Lipinski definition) is 0. The van der Waals surface area contributed by atoms with Crippen LogP contribution in [0.5, 0.6) is 5.75 Å². The SMILES string of the molecule is COCCN(Cc1ccccn1)C(=O)[C@@H]1C[C@H]1c1ccc(OC)cc1. The Morgan fingerprint density at radius 2 is 2.00 bits per heavy atom. The molecule has 1 aliphatic carbocycles. The van der Waals surface area contributed by atoms with Crippen molar-refractivity contribution in [3.05, 3.63) is 59.9 Å². The van der Waals surface area contributed by atoms with E-state index in [1.54, 1.807) is 20.4 Å². The number of aromatic nitrogens is 1. The van der Waals surface area contributed by atoms with Crippen LogP contribution in [0.2, 0.25) is 0 Å². The third-order valence-corrected chi connectivity index (χ3v) is 4.61. The number of pyridine rings is 1. The van der Waals surface area contributed by atoms with E-state index in [2.05, 4.69) is 17.1 Å². The summed E-state index contributed by atoms with van der Waals surface area (Å²) in [4.78, 5) is 19.1. The molecule has 2 aromatic rings. The predicted molar refractivity (Wildman–Crippen MR) is 95.4 cm³/mol. The second kappa shape index (κ2) is 8.12. The zero-order valence-corrected chi connectivity index (χ0v) is 14.7. The number of amides is 1. The molecule has 132 valence electrons. The first-order chi connectivity index (χ1) is 12.2. The molecule has 1 fully saturated rings. The average molecular weight is 340 g/mol. The molecule has 3 rings (SSSR count). The van der Waals surface area contributed by atoms with E-state index < -0.39 is 0 Å². The zero-order valence-electron chi connectivity index (χ0n) is 14.7. The van der Waals surface area contributed by atoms with Crippen LogP contribution in [-0.2, 0) is 16.1 Å². The molecular weight excluding hydrogens is 316 g/mol. The molecule has 1 aromatic heterocycles. The van der Waals surface area contributed by atoms with Gasteiger partial charge in [-0.05, 0) is 42.2 Å². The van der Waals surface area contributed by atoms with Crippen molar-refractivity contribution in [2.24, 2.45) is 5.92 Å². The van der Waals surface area contributed by atoms with Gasteiger partial charge >= 0.3 is 0 Å². The first kappa shape index (κ1) is 17.4. The summed E-state index contributed by atoms with van der Waals surface area (Å²) >= 11 is 0. The molecule has 5 heteroatoms. The monoisotopic (exact) mass is 340 g/mol. The second-order valence-corrected chi connectivity index (χ2v) is 6.30. The average Bonchev–Trinajstić information content (AvgIpc) is 3.46. The fraction of sp³-hybridized carbons (Fsp3) is 0.400. The minimum Gasteiger partial charge on any atom is -0.497 e. The number of benzene rings is 1. The van der Waals surface area contributed by atoms with Gasteiger partial charge in [0.15, 0.2) is 0 Å². The van der Waals surface area contributed by atoms with Crippen LogP contribution in [0.4, 0.5) is 0 Å². The second-order valence-electron chi connectivity index (χ2n) is 6.30. The molecule has 0 radical (unpaired) electrons. The summed E-state index contributed by atoms with van der Waals surface area (Å²) in [5.74, 6) is 1.37. The molecule has 5 nitrogen and oxygen atoms in total. The van der Waals surface area contributed by atoms with Crippen molar-refractivity contribution < 1.29 is 14.3 Å². The van der Waals surface area contributed by atoms with Gasteiger partial charge in [0.2, 0.25) is 5.91 Å². The number of rotatable bonds is 8. The molecule has 0 spiro atoms. The molecule has 1 heterocycles.